The van der Waals surface area contributed by atoms with Crippen molar-refractivity contribution < 1.29 is 28.0 Å². The molecule has 0 radical (unpaired) electrons. The lowest BCUT2D eigenvalue weighted by molar-refractivity contribution is -0.211. The van der Waals surface area contributed by atoms with Crippen molar-refractivity contribution in [1.29, 1.82) is 0 Å². The molecule has 5 aliphatic carbocycles. The Labute approximate surface area is 273 Å². The number of hydrogen-bond donors (Lipinski definition) is 0. The average Bonchev–Trinajstić information content (AvgIpc) is 3.56. The van der Waals surface area contributed by atoms with Crippen molar-refractivity contribution >= 4 is 17.7 Å². The first kappa shape index (κ1) is 31.9. The third-order valence-electron chi connectivity index (χ3n) is 15.3. The van der Waals surface area contributed by atoms with Gasteiger partial charge in [-0.2, -0.15) is 0 Å². The van der Waals surface area contributed by atoms with E-state index < -0.39 is 22.6 Å². The molecule has 6 aliphatic rings. The van der Waals surface area contributed by atoms with Crippen LogP contribution in [-0.4, -0.2) is 35.1 Å². The molecule has 8 nitrogen and oxygen atoms in total. The van der Waals surface area contributed by atoms with Crippen molar-refractivity contribution in [2.24, 2.45) is 50.7 Å². The van der Waals surface area contributed by atoms with Gasteiger partial charge in [-0.3, -0.25) is 14.4 Å². The monoisotopic (exact) mass is 635 g/mol. The van der Waals surface area contributed by atoms with Crippen molar-refractivity contribution in [3.05, 3.63) is 33.8 Å². The number of ketones is 1. The fourth-order valence-corrected chi connectivity index (χ4v) is 12.4. The lowest BCUT2D eigenvalue weighted by Gasteiger charge is -2.70. The van der Waals surface area contributed by atoms with E-state index in [0.717, 1.165) is 38.5 Å². The van der Waals surface area contributed by atoms with Gasteiger partial charge in [0.25, 0.3) is 0 Å². The van der Waals surface area contributed by atoms with Gasteiger partial charge < -0.3 is 18.5 Å². The first-order valence-electron chi connectivity index (χ1n) is 17.9. The molecule has 1 amide bonds. The summed E-state index contributed by atoms with van der Waals surface area (Å²) >= 11 is 0. The minimum Gasteiger partial charge on any atom is -0.457 e. The van der Waals surface area contributed by atoms with Gasteiger partial charge in [0.05, 0.1) is 5.41 Å². The molecule has 7 rings (SSSR count). The van der Waals surface area contributed by atoms with Gasteiger partial charge >= 0.3 is 11.8 Å². The Morgan fingerprint density at radius 2 is 1.74 bits per heavy atom. The largest absolute Gasteiger partial charge is 0.519 e. The van der Waals surface area contributed by atoms with Gasteiger partial charge in [0.15, 0.2) is 23.9 Å². The zero-order valence-corrected chi connectivity index (χ0v) is 29.0. The van der Waals surface area contributed by atoms with Crippen molar-refractivity contribution in [2.45, 2.75) is 132 Å². The number of nitrogens with zero attached hydrogens (tertiary/aromatic N) is 1. The maximum atomic E-state index is 14.8. The van der Waals surface area contributed by atoms with Crippen molar-refractivity contribution in [2.75, 3.05) is 6.54 Å². The lowest BCUT2D eigenvalue weighted by atomic mass is 9.33. The van der Waals surface area contributed by atoms with Gasteiger partial charge in [-0.25, -0.2) is 4.79 Å². The predicted molar refractivity (Wildman–Crippen MR) is 171 cm³/mol. The van der Waals surface area contributed by atoms with Gasteiger partial charge in [-0.15, -0.1) is 0 Å². The second kappa shape index (κ2) is 10.4. The van der Waals surface area contributed by atoms with Gasteiger partial charge in [0.1, 0.15) is 0 Å². The highest BCUT2D eigenvalue weighted by molar-refractivity contribution is 5.96. The highest BCUT2D eigenvalue weighted by Crippen LogP contribution is 2.75. The van der Waals surface area contributed by atoms with Crippen molar-refractivity contribution in [1.82, 2.24) is 4.90 Å². The first-order chi connectivity index (χ1) is 21.6. The van der Waals surface area contributed by atoms with Crippen LogP contribution in [0.15, 0.2) is 25.3 Å². The molecule has 0 spiro atoms. The fourth-order valence-electron chi connectivity index (χ4n) is 12.4. The summed E-state index contributed by atoms with van der Waals surface area (Å²) in [7, 11) is 0. The molecule has 2 heterocycles. The molecule has 4 saturated carbocycles. The molecule has 10 atom stereocenters. The molecular weight excluding hydrogens is 582 g/mol. The van der Waals surface area contributed by atoms with E-state index in [4.69, 9.17) is 13.6 Å². The smallest absolute Gasteiger partial charge is 0.457 e. The van der Waals surface area contributed by atoms with Gasteiger partial charge in [0, 0.05) is 24.9 Å². The molecule has 1 aliphatic heterocycles. The Hall–Kier alpha value is -2.64. The molecule has 0 aromatic carbocycles. The second-order valence-corrected chi connectivity index (χ2v) is 17.4. The van der Waals surface area contributed by atoms with Crippen LogP contribution in [0.3, 0.4) is 0 Å². The summed E-state index contributed by atoms with van der Waals surface area (Å²) in [5, 5.41) is 0. The minimum absolute atomic E-state index is 0.0736. The Kier molecular flexibility index (Phi) is 7.24. The summed E-state index contributed by atoms with van der Waals surface area (Å²) in [6.07, 6.45) is 12.4. The highest BCUT2D eigenvalue weighted by atomic mass is 16.6. The summed E-state index contributed by atoms with van der Waals surface area (Å²) in [6, 6.07) is -0.311. The number of likely N-dealkylation sites (tertiary alicyclic amines) is 1. The molecule has 1 aromatic rings. The Morgan fingerprint density at radius 1 is 0.978 bits per heavy atom. The lowest BCUT2D eigenvalue weighted by Crippen LogP contribution is -2.69. The summed E-state index contributed by atoms with van der Waals surface area (Å²) in [6.45, 7) is 16.0. The number of amides is 1. The molecule has 8 heteroatoms. The summed E-state index contributed by atoms with van der Waals surface area (Å²) in [4.78, 5) is 56.1. The van der Waals surface area contributed by atoms with Crippen LogP contribution in [0.25, 0.3) is 0 Å². The molecule has 5 fully saturated rings. The Balaban J connectivity index is 1.28. The number of hydrogen-bond acceptors (Lipinski definition) is 7. The quantitative estimate of drug-likeness (QED) is 0.323. The van der Waals surface area contributed by atoms with E-state index in [1.807, 2.05) is 11.8 Å². The van der Waals surface area contributed by atoms with Crippen LogP contribution in [0.5, 0.6) is 0 Å². The topological polar surface area (TPSA) is 107 Å². The van der Waals surface area contributed by atoms with Crippen LogP contribution in [0.2, 0.25) is 0 Å². The number of rotatable bonds is 4. The summed E-state index contributed by atoms with van der Waals surface area (Å²) in [5.74, 6) is 0.351. The molecule has 46 heavy (non-hydrogen) atoms. The minimum atomic E-state index is -1.03. The van der Waals surface area contributed by atoms with Crippen LogP contribution < -0.4 is 5.82 Å². The normalized spacial score (nSPS) is 45.3. The van der Waals surface area contributed by atoms with Crippen LogP contribution >= 0.6 is 0 Å². The number of aryl methyl sites for hydroxylation is 1. The molecule has 1 aromatic heterocycles. The standard InChI is InChI=1S/C38H53NO7/c1-22-10-13-34(3)16-17-36(5)25(24(34)19-22)20-26(40)31-35(4)14-12-29(39-18-8-9-30(39)41)38(7,28(35)11-15-37(31,36)6)32(42)44-21-27-23(2)45-33(43)46-27/h20,22,24,28-29,31H,8-19,21H2,1-7H3/t22-,24-,28+,29-,31+,34-,35-,36+,37+,38-/m0/s1. The molecule has 0 N–H and O–H groups in total. The number of carbonyl (C=O) groups excluding carboxylic acids is 3. The van der Waals surface area contributed by atoms with Crippen molar-refractivity contribution in [3.8, 4) is 0 Å². The van der Waals surface area contributed by atoms with Crippen LogP contribution in [-0.2, 0) is 25.7 Å². The molecule has 252 valence electrons. The zero-order valence-electron chi connectivity index (χ0n) is 29.0. The van der Waals surface area contributed by atoms with E-state index >= 15 is 0 Å². The zero-order chi connectivity index (χ0) is 33.0. The number of esters is 1. The maximum Gasteiger partial charge on any atom is 0.519 e. The van der Waals surface area contributed by atoms with E-state index in [0.29, 0.717) is 31.2 Å². The van der Waals surface area contributed by atoms with Gasteiger partial charge in [-0.05, 0) is 117 Å². The summed E-state index contributed by atoms with van der Waals surface area (Å²) in [5.41, 5.74) is -0.0932. The van der Waals surface area contributed by atoms with E-state index in [-0.39, 0.29) is 63.9 Å². The molecule has 1 saturated heterocycles. The number of ether oxygens (including phenoxy) is 1. The van der Waals surface area contributed by atoms with Gasteiger partial charge in [0.2, 0.25) is 5.91 Å². The fraction of sp³-hybridized carbons (Fsp3) is 0.789. The van der Waals surface area contributed by atoms with Crippen LogP contribution in [0.4, 0.5) is 0 Å². The van der Waals surface area contributed by atoms with Gasteiger partial charge in [-0.1, -0.05) is 46.6 Å². The van der Waals surface area contributed by atoms with E-state index in [1.54, 1.807) is 6.92 Å². The second-order valence-electron chi connectivity index (χ2n) is 17.4. The highest BCUT2D eigenvalue weighted by Gasteiger charge is 2.72. The molecule has 0 bridgehead atoms. The number of allylic oxidation sites excluding steroid dienone is 2. The number of fused-ring (bicyclic) bond motifs is 7. The van der Waals surface area contributed by atoms with E-state index in [9.17, 15) is 19.2 Å². The Bertz CT molecular complexity index is 1550. The SMILES string of the molecule is Cc1oc(=O)oc1COC(=O)[C@]1(C)[C@@H](N2CCCC2=O)CC[C@@]2(C)[C@H]1CC[C@]1(C)[C@@H]2C(=O)C=C2[C@@H]3C[C@@H](C)CC[C@@]3(C)CC[C@]21C. The van der Waals surface area contributed by atoms with Crippen LogP contribution in [0.1, 0.15) is 124 Å². The van der Waals surface area contributed by atoms with Crippen molar-refractivity contribution in [3.63, 3.8) is 0 Å². The average molecular weight is 636 g/mol. The first-order valence-corrected chi connectivity index (χ1v) is 17.9. The maximum absolute atomic E-state index is 14.8. The third-order valence-corrected chi connectivity index (χ3v) is 15.3. The van der Waals surface area contributed by atoms with E-state index in [1.165, 1.54) is 24.8 Å². The van der Waals surface area contributed by atoms with E-state index in [2.05, 4.69) is 40.7 Å². The summed E-state index contributed by atoms with van der Waals surface area (Å²) < 4.78 is 16.1. The van der Waals surface area contributed by atoms with Crippen LogP contribution in [0, 0.1) is 57.7 Å². The predicted octanol–water partition coefficient (Wildman–Crippen LogP) is 7.17. The third kappa shape index (κ3) is 4.22. The molecule has 0 unspecified atom stereocenters. The number of carbonyl (C=O) groups is 3. The molecular formula is C38H53NO7. The Morgan fingerprint density at radius 3 is 2.41 bits per heavy atom.